The third-order valence-corrected chi connectivity index (χ3v) is 6.32. The van der Waals surface area contributed by atoms with Crippen molar-refractivity contribution in [1.29, 1.82) is 0 Å². The predicted octanol–water partition coefficient (Wildman–Crippen LogP) is 3.67. The van der Waals surface area contributed by atoms with Crippen LogP contribution in [-0.2, 0) is 4.74 Å². The van der Waals surface area contributed by atoms with Gasteiger partial charge in [0.1, 0.15) is 11.2 Å². The van der Waals surface area contributed by atoms with Crippen LogP contribution in [0.1, 0.15) is 67.9 Å². The van der Waals surface area contributed by atoms with Crippen LogP contribution in [0.5, 0.6) is 0 Å². The first-order valence-corrected chi connectivity index (χ1v) is 11.2. The van der Waals surface area contributed by atoms with E-state index in [2.05, 4.69) is 5.32 Å². The Labute approximate surface area is 191 Å². The molecular weight excluding hydrogens is 429 g/mol. The zero-order chi connectivity index (χ0) is 24.2. The summed E-state index contributed by atoms with van der Waals surface area (Å²) in [6.07, 6.45) is 2.39. The van der Waals surface area contributed by atoms with Gasteiger partial charge in [-0.15, -0.1) is 0 Å². The van der Waals surface area contributed by atoms with Crippen molar-refractivity contribution in [3.63, 3.8) is 0 Å². The number of ether oxygens (including phenoxy) is 1. The Morgan fingerprint density at radius 2 is 1.91 bits per heavy atom. The maximum Gasteiger partial charge on any atom is 0.407 e. The Balaban J connectivity index is 1.73. The van der Waals surface area contributed by atoms with Crippen LogP contribution in [-0.4, -0.2) is 46.3 Å². The molecule has 9 heteroatoms. The molecule has 2 atom stereocenters. The zero-order valence-corrected chi connectivity index (χ0v) is 19.6. The average Bonchev–Trinajstić information content (AvgIpc) is 3.45. The number of carbonyl (C=O) groups is 2. The standard InChI is InChI=1S/C24H30FN3O5/c1-12-9-27(11-18(12)26-23(32)33-24(3,4)5)20-13(2)19-15(14-6-7-14)8-16(22(30)31)21(29)28(19)10-17(20)25/h8,10,12,14,18H,6-7,9,11H2,1-5H3,(H,26,32)(H,30,31)/t12-,18+/m0/s1. The number of halogens is 1. The van der Waals surface area contributed by atoms with Crippen LogP contribution in [0.4, 0.5) is 14.9 Å². The molecule has 3 heterocycles. The molecule has 0 unspecified atom stereocenters. The maximum absolute atomic E-state index is 15.4. The lowest BCUT2D eigenvalue weighted by molar-refractivity contribution is 0.0499. The van der Waals surface area contributed by atoms with E-state index in [1.807, 2.05) is 11.8 Å². The molecule has 2 aromatic heterocycles. The van der Waals surface area contributed by atoms with Crippen LogP contribution in [0.25, 0.3) is 5.52 Å². The number of hydrogen-bond donors (Lipinski definition) is 2. The average molecular weight is 460 g/mol. The number of aryl methyl sites for hydroxylation is 1. The first kappa shape index (κ1) is 23.1. The first-order valence-electron chi connectivity index (χ1n) is 11.2. The molecule has 1 aliphatic heterocycles. The van der Waals surface area contributed by atoms with Gasteiger partial charge in [0.05, 0.1) is 23.4 Å². The molecular formula is C24H30FN3O5. The second-order valence-corrected chi connectivity index (χ2v) is 10.2. The van der Waals surface area contributed by atoms with Crippen molar-refractivity contribution >= 4 is 23.3 Å². The summed E-state index contributed by atoms with van der Waals surface area (Å²) >= 11 is 0. The van der Waals surface area contributed by atoms with Crippen molar-refractivity contribution in [2.24, 2.45) is 5.92 Å². The number of alkyl carbamates (subject to hydrolysis) is 1. The summed E-state index contributed by atoms with van der Waals surface area (Å²) in [5.41, 5.74) is 0.595. The molecule has 2 aromatic rings. The molecule has 0 aromatic carbocycles. The number of anilines is 1. The first-order chi connectivity index (χ1) is 15.4. The van der Waals surface area contributed by atoms with E-state index in [0.29, 0.717) is 29.9 Å². The van der Waals surface area contributed by atoms with Gasteiger partial charge in [0.25, 0.3) is 5.56 Å². The number of hydrogen-bond acceptors (Lipinski definition) is 5. The summed E-state index contributed by atoms with van der Waals surface area (Å²) in [5.74, 6) is -1.71. The highest BCUT2D eigenvalue weighted by Crippen LogP contribution is 2.44. The van der Waals surface area contributed by atoms with E-state index in [1.54, 1.807) is 27.7 Å². The third-order valence-electron chi connectivity index (χ3n) is 6.32. The van der Waals surface area contributed by atoms with Crippen molar-refractivity contribution in [2.45, 2.75) is 65.0 Å². The van der Waals surface area contributed by atoms with Crippen molar-refractivity contribution in [3.05, 3.63) is 45.1 Å². The van der Waals surface area contributed by atoms with Crippen molar-refractivity contribution < 1.29 is 23.8 Å². The number of rotatable bonds is 4. The molecule has 33 heavy (non-hydrogen) atoms. The molecule has 1 aliphatic carbocycles. The van der Waals surface area contributed by atoms with Crippen LogP contribution >= 0.6 is 0 Å². The maximum atomic E-state index is 15.4. The molecule has 2 fully saturated rings. The van der Waals surface area contributed by atoms with Gasteiger partial charge in [0.2, 0.25) is 0 Å². The van der Waals surface area contributed by atoms with E-state index in [-0.39, 0.29) is 23.4 Å². The minimum atomic E-state index is -1.32. The number of fused-ring (bicyclic) bond motifs is 1. The van der Waals surface area contributed by atoms with E-state index in [9.17, 15) is 19.5 Å². The van der Waals surface area contributed by atoms with Crippen LogP contribution < -0.4 is 15.8 Å². The summed E-state index contributed by atoms with van der Waals surface area (Å²) in [6, 6.07) is 1.22. The Kier molecular flexibility index (Phi) is 5.62. The Bertz CT molecular complexity index is 1200. The fourth-order valence-electron chi connectivity index (χ4n) is 4.69. The fourth-order valence-corrected chi connectivity index (χ4v) is 4.69. The zero-order valence-electron chi connectivity index (χ0n) is 19.6. The quantitative estimate of drug-likeness (QED) is 0.724. The summed E-state index contributed by atoms with van der Waals surface area (Å²) in [5, 5.41) is 12.3. The minimum absolute atomic E-state index is 0.0482. The number of carboxylic acid groups (broad SMARTS) is 1. The number of nitrogens with one attached hydrogen (secondary N) is 1. The number of aromatic nitrogens is 1. The Hall–Kier alpha value is -3.10. The Morgan fingerprint density at radius 1 is 1.24 bits per heavy atom. The molecule has 2 aliphatic rings. The van der Waals surface area contributed by atoms with Crippen LogP contribution in [0, 0.1) is 18.7 Å². The summed E-state index contributed by atoms with van der Waals surface area (Å²) in [6.45, 7) is 10.0. The molecule has 0 bridgehead atoms. The molecule has 0 radical (unpaired) electrons. The van der Waals surface area contributed by atoms with Crippen LogP contribution in [0.15, 0.2) is 17.1 Å². The van der Waals surface area contributed by atoms with Gasteiger partial charge in [0.15, 0.2) is 5.82 Å². The van der Waals surface area contributed by atoms with Gasteiger partial charge >= 0.3 is 12.1 Å². The van der Waals surface area contributed by atoms with Crippen LogP contribution in [0.2, 0.25) is 0 Å². The van der Waals surface area contributed by atoms with Crippen molar-refractivity contribution in [2.75, 3.05) is 18.0 Å². The minimum Gasteiger partial charge on any atom is -0.477 e. The fraction of sp³-hybridized carbons (Fsp3) is 0.542. The molecule has 1 saturated carbocycles. The SMILES string of the molecule is Cc1c(N2C[C@H](C)[C@H](NC(=O)OC(C)(C)C)C2)c(F)cn2c(=O)c(C(=O)O)cc(C3CC3)c12. The van der Waals surface area contributed by atoms with Gasteiger partial charge in [-0.1, -0.05) is 6.92 Å². The number of pyridine rings is 2. The van der Waals surface area contributed by atoms with Crippen LogP contribution in [0.3, 0.4) is 0 Å². The van der Waals surface area contributed by atoms with E-state index >= 15 is 4.39 Å². The number of nitrogens with zero attached hydrogens (tertiary/aromatic N) is 2. The molecule has 1 saturated heterocycles. The monoisotopic (exact) mass is 459 g/mol. The highest BCUT2D eigenvalue weighted by Gasteiger charge is 2.36. The lowest BCUT2D eigenvalue weighted by Crippen LogP contribution is -2.42. The molecule has 1 amide bonds. The van der Waals surface area contributed by atoms with Crippen molar-refractivity contribution in [3.8, 4) is 0 Å². The van der Waals surface area contributed by atoms with E-state index in [4.69, 9.17) is 4.74 Å². The van der Waals surface area contributed by atoms with E-state index < -0.39 is 29.0 Å². The molecule has 8 nitrogen and oxygen atoms in total. The van der Waals surface area contributed by atoms with Gasteiger partial charge in [0, 0.05) is 13.1 Å². The van der Waals surface area contributed by atoms with Crippen molar-refractivity contribution in [1.82, 2.24) is 9.72 Å². The topological polar surface area (TPSA) is 100 Å². The normalized spacial score (nSPS) is 20.8. The Morgan fingerprint density at radius 3 is 2.48 bits per heavy atom. The number of carboxylic acids is 1. The number of amides is 1. The molecule has 4 rings (SSSR count). The third kappa shape index (κ3) is 4.41. The largest absolute Gasteiger partial charge is 0.477 e. The lowest BCUT2D eigenvalue weighted by atomic mass is 10.0. The number of aromatic carboxylic acids is 1. The summed E-state index contributed by atoms with van der Waals surface area (Å²) in [7, 11) is 0. The second kappa shape index (κ2) is 8.04. The van der Waals surface area contributed by atoms with E-state index in [0.717, 1.165) is 29.0 Å². The smallest absolute Gasteiger partial charge is 0.407 e. The van der Waals surface area contributed by atoms with Gasteiger partial charge in [-0.3, -0.25) is 9.20 Å². The second-order valence-electron chi connectivity index (χ2n) is 10.2. The molecule has 0 spiro atoms. The van der Waals surface area contributed by atoms with Gasteiger partial charge in [-0.2, -0.15) is 0 Å². The predicted molar refractivity (Wildman–Crippen MR) is 122 cm³/mol. The van der Waals surface area contributed by atoms with Gasteiger partial charge in [-0.25, -0.2) is 14.0 Å². The summed E-state index contributed by atoms with van der Waals surface area (Å²) in [4.78, 5) is 38.5. The molecule has 2 N–H and O–H groups in total. The lowest BCUT2D eigenvalue weighted by Gasteiger charge is -2.25. The van der Waals surface area contributed by atoms with Gasteiger partial charge in [-0.05, 0) is 69.6 Å². The van der Waals surface area contributed by atoms with E-state index in [1.165, 1.54) is 6.07 Å². The highest BCUT2D eigenvalue weighted by molar-refractivity contribution is 5.89. The van der Waals surface area contributed by atoms with Gasteiger partial charge < -0.3 is 20.1 Å². The highest BCUT2D eigenvalue weighted by atomic mass is 19.1. The molecule has 178 valence electrons. The number of carbonyl (C=O) groups excluding carboxylic acids is 1. The summed E-state index contributed by atoms with van der Waals surface area (Å²) < 4.78 is 21.9.